The molecule has 3 aromatic carbocycles. The average Bonchev–Trinajstić information content (AvgIpc) is 3.71. The summed E-state index contributed by atoms with van der Waals surface area (Å²) < 4.78 is 1.48. The maximum Gasteiger partial charge on any atom is 0.382 e. The largest absolute Gasteiger partial charge is 0.472 e. The van der Waals surface area contributed by atoms with Crippen LogP contribution in [0.25, 0.3) is 11.0 Å². The highest BCUT2D eigenvalue weighted by Crippen LogP contribution is 2.37. The van der Waals surface area contributed by atoms with Crippen LogP contribution < -0.4 is 15.8 Å². The minimum absolute atomic E-state index is 0.0588. The Kier molecular flexibility index (Phi) is 15.5. The second-order valence-corrected chi connectivity index (χ2v) is 14.7. The zero-order valence-corrected chi connectivity index (χ0v) is 33.9. The molecular weight excluding hydrogens is 761 g/mol. The van der Waals surface area contributed by atoms with E-state index in [1.54, 1.807) is 43.3 Å². The molecule has 1 saturated heterocycles. The van der Waals surface area contributed by atoms with Crippen molar-refractivity contribution in [3.05, 3.63) is 75.3 Å². The van der Waals surface area contributed by atoms with Crippen LogP contribution in [0.5, 0.6) is 0 Å². The maximum absolute atomic E-state index is 14.4. The Labute approximate surface area is 343 Å². The van der Waals surface area contributed by atoms with Gasteiger partial charge in [-0.3, -0.25) is 15.0 Å². The molecule has 1 unspecified atom stereocenters. The number of benzene rings is 3. The van der Waals surface area contributed by atoms with Crippen LogP contribution in [0.4, 0.5) is 17.1 Å². The lowest BCUT2D eigenvalue weighted by atomic mass is 10.1. The van der Waals surface area contributed by atoms with Gasteiger partial charge in [-0.15, -0.1) is 5.10 Å². The molecule has 2 heterocycles. The zero-order chi connectivity index (χ0) is 40.7. The van der Waals surface area contributed by atoms with Crippen molar-refractivity contribution in [2.24, 2.45) is 4.99 Å². The second-order valence-electron chi connectivity index (χ2n) is 13.9. The lowest BCUT2D eigenvalue weighted by Gasteiger charge is -2.20. The number of amides is 2. The number of unbranched alkanes of at least 4 members (excludes halogenated alkanes) is 10. The number of aliphatic carboxylic acids is 1. The van der Waals surface area contributed by atoms with Gasteiger partial charge in [0.2, 0.25) is 5.91 Å². The summed E-state index contributed by atoms with van der Waals surface area (Å²) in [5, 5.41) is 22.4. The van der Waals surface area contributed by atoms with Crippen LogP contribution in [-0.4, -0.2) is 43.7 Å². The predicted molar refractivity (Wildman–Crippen MR) is 226 cm³/mol. The van der Waals surface area contributed by atoms with Gasteiger partial charge in [0, 0.05) is 28.6 Å². The number of carboxylic acid groups (broad SMARTS) is 1. The van der Waals surface area contributed by atoms with E-state index < -0.39 is 17.9 Å². The molecule has 3 N–H and O–H groups in total. The lowest BCUT2D eigenvalue weighted by Crippen LogP contribution is -2.36. The second kappa shape index (κ2) is 20.9. The first-order valence-electron chi connectivity index (χ1n) is 19.2. The number of amidine groups is 1. The van der Waals surface area contributed by atoms with Gasteiger partial charge in [0.15, 0.2) is 11.9 Å². The third-order valence-corrected chi connectivity index (χ3v) is 9.91. The molecule has 1 aliphatic rings. The van der Waals surface area contributed by atoms with E-state index in [-0.39, 0.29) is 16.8 Å². The Bertz CT molecular complexity index is 2330. The molecule has 0 bridgehead atoms. The normalized spacial score (nSPS) is 14.0. The van der Waals surface area contributed by atoms with Crippen molar-refractivity contribution in [3.8, 4) is 35.5 Å². The Morgan fingerprint density at radius 1 is 0.877 bits per heavy atom. The van der Waals surface area contributed by atoms with Gasteiger partial charge in [-0.25, -0.2) is 19.5 Å². The third-order valence-electron chi connectivity index (χ3n) is 9.40. The molecule has 57 heavy (non-hydrogen) atoms. The van der Waals surface area contributed by atoms with Crippen LogP contribution in [0.2, 0.25) is 10.0 Å². The topological polar surface area (TPSA) is 142 Å². The molecule has 0 radical (unpaired) electrons. The summed E-state index contributed by atoms with van der Waals surface area (Å²) in [4.78, 5) is 42.8. The summed E-state index contributed by atoms with van der Waals surface area (Å²) in [6.45, 7) is 5.94. The number of carbonyl (C=O) groups excluding carboxylic acids is 2. The zero-order valence-electron chi connectivity index (χ0n) is 32.3. The highest BCUT2D eigenvalue weighted by atomic mass is 35.5. The minimum Gasteiger partial charge on any atom is -0.472 e. The van der Waals surface area contributed by atoms with Crippen molar-refractivity contribution in [2.75, 3.05) is 10.3 Å². The SMILES string of the molecule is CCCCCCCCCCCCCC(=O)Nc1ccc(C)c(N=C2NN(c3c(C)cc(Cl)cc3Cl)C(=O)C2n2nnc3cc(C#CC#CC#CC(=O)O)ccc32)c1. The van der Waals surface area contributed by atoms with Crippen LogP contribution in [0, 0.1) is 49.4 Å². The van der Waals surface area contributed by atoms with Crippen molar-refractivity contribution < 1.29 is 19.5 Å². The van der Waals surface area contributed by atoms with Gasteiger partial charge in [0.1, 0.15) is 5.52 Å². The molecule has 0 saturated carbocycles. The van der Waals surface area contributed by atoms with Gasteiger partial charge in [-0.05, 0) is 97.5 Å². The summed E-state index contributed by atoms with van der Waals surface area (Å²) in [6.07, 6.45) is 13.8. The number of anilines is 2. The number of fused-ring (bicyclic) bond motifs is 1. The smallest absolute Gasteiger partial charge is 0.382 e. The average molecular weight is 807 g/mol. The summed E-state index contributed by atoms with van der Waals surface area (Å²) in [5.41, 5.74) is 7.78. The fraction of sp³-hybridized carbons (Fsp3) is 0.364. The first kappa shape index (κ1) is 42.3. The molecule has 11 nitrogen and oxygen atoms in total. The molecule has 1 aromatic heterocycles. The van der Waals surface area contributed by atoms with Gasteiger partial charge in [-0.2, -0.15) is 0 Å². The van der Waals surface area contributed by atoms with Crippen molar-refractivity contribution in [3.63, 3.8) is 0 Å². The number of halogens is 2. The van der Waals surface area contributed by atoms with Crippen LogP contribution >= 0.6 is 23.2 Å². The number of rotatable bonds is 16. The van der Waals surface area contributed by atoms with Crippen LogP contribution in [0.15, 0.2) is 53.5 Å². The molecule has 2 amide bonds. The first-order chi connectivity index (χ1) is 27.5. The highest BCUT2D eigenvalue weighted by molar-refractivity contribution is 6.37. The van der Waals surface area contributed by atoms with E-state index in [1.165, 1.54) is 61.1 Å². The van der Waals surface area contributed by atoms with E-state index in [2.05, 4.69) is 57.6 Å². The summed E-state index contributed by atoms with van der Waals surface area (Å²) >= 11 is 12.9. The Hall–Kier alpha value is -5.80. The molecule has 0 aliphatic carbocycles. The number of aliphatic imine (C=N–C) groups is 1. The number of hydrazine groups is 1. The number of nitrogens with one attached hydrogen (secondary N) is 2. The van der Waals surface area contributed by atoms with E-state index in [0.29, 0.717) is 50.7 Å². The van der Waals surface area contributed by atoms with E-state index in [4.69, 9.17) is 33.3 Å². The van der Waals surface area contributed by atoms with Gasteiger partial charge in [0.25, 0.3) is 5.91 Å². The van der Waals surface area contributed by atoms with Gasteiger partial charge >= 0.3 is 5.97 Å². The summed E-state index contributed by atoms with van der Waals surface area (Å²) in [6, 6.07) is 12.9. The molecule has 13 heteroatoms. The number of carbonyl (C=O) groups is 3. The Balaban J connectivity index is 1.35. The predicted octanol–water partition coefficient (Wildman–Crippen LogP) is 9.26. The first-order valence-corrected chi connectivity index (χ1v) is 20.0. The van der Waals surface area contributed by atoms with E-state index in [1.807, 2.05) is 25.0 Å². The molecule has 1 aliphatic heterocycles. The number of carboxylic acids is 1. The molecule has 5 rings (SSSR count). The number of aryl methyl sites for hydroxylation is 2. The third kappa shape index (κ3) is 11.9. The fourth-order valence-electron chi connectivity index (χ4n) is 6.49. The van der Waals surface area contributed by atoms with E-state index in [9.17, 15) is 14.4 Å². The van der Waals surface area contributed by atoms with E-state index >= 15 is 0 Å². The molecular formula is C44H45Cl2N7O4. The van der Waals surface area contributed by atoms with Gasteiger partial charge in [-0.1, -0.05) is 112 Å². The van der Waals surface area contributed by atoms with Crippen molar-refractivity contribution in [1.29, 1.82) is 0 Å². The standard InChI is InChI=1S/C44H45Cl2N7O4/c1-4-5-6-7-8-9-10-11-12-13-17-20-39(54)47-34-24-22-30(2)36(29-34)48-43-42(44(57)53(50-43)41-31(3)26-33(45)28-35(41)46)52-38-25-23-32(27-37(38)49-51-52)19-16-14-15-18-21-40(55)56/h22-29,42H,4-13,17,20H2,1-3H3,(H,47,54)(H,48,50)(H,55,56). The minimum atomic E-state index is -1.28. The number of nitrogens with zero attached hydrogens (tertiary/aromatic N) is 5. The van der Waals surface area contributed by atoms with Crippen LogP contribution in [0.3, 0.4) is 0 Å². The summed E-state index contributed by atoms with van der Waals surface area (Å²) in [7, 11) is 0. The monoisotopic (exact) mass is 805 g/mol. The van der Waals surface area contributed by atoms with Gasteiger partial charge in [0.05, 0.1) is 21.9 Å². The highest BCUT2D eigenvalue weighted by Gasteiger charge is 2.43. The number of hydrogen-bond donors (Lipinski definition) is 3. The lowest BCUT2D eigenvalue weighted by molar-refractivity contribution is -0.130. The number of aromatic nitrogens is 3. The maximum atomic E-state index is 14.4. The molecule has 294 valence electrons. The molecule has 0 spiro atoms. The Morgan fingerprint density at radius 3 is 2.28 bits per heavy atom. The molecule has 4 aromatic rings. The van der Waals surface area contributed by atoms with Crippen LogP contribution in [0.1, 0.15) is 107 Å². The molecule has 1 fully saturated rings. The van der Waals surface area contributed by atoms with Crippen molar-refractivity contribution >= 4 is 74.9 Å². The van der Waals surface area contributed by atoms with Gasteiger partial charge < -0.3 is 10.4 Å². The summed E-state index contributed by atoms with van der Waals surface area (Å²) in [5.74, 6) is 13.0. The fourth-order valence-corrected chi connectivity index (χ4v) is 7.17. The number of hydrogen-bond acceptors (Lipinski definition) is 6. The van der Waals surface area contributed by atoms with Crippen LogP contribution in [-0.2, 0) is 14.4 Å². The Morgan fingerprint density at radius 2 is 1.58 bits per heavy atom. The molecule has 1 atom stereocenters. The van der Waals surface area contributed by atoms with Crippen molar-refractivity contribution in [1.82, 2.24) is 20.4 Å². The van der Waals surface area contributed by atoms with E-state index in [0.717, 1.165) is 24.8 Å². The van der Waals surface area contributed by atoms with Crippen molar-refractivity contribution in [2.45, 2.75) is 104 Å². The quantitative estimate of drug-likeness (QED) is 0.0757.